The van der Waals surface area contributed by atoms with Crippen LogP contribution in [-0.4, -0.2) is 62.1 Å². The van der Waals surface area contributed by atoms with Gasteiger partial charge < -0.3 is 14.4 Å². The van der Waals surface area contributed by atoms with Crippen molar-refractivity contribution in [3.8, 4) is 11.5 Å². The fraction of sp³-hybridized carbons (Fsp3) is 0.409. The summed E-state index contributed by atoms with van der Waals surface area (Å²) in [7, 11) is 1.65. The Morgan fingerprint density at radius 1 is 0.963 bits per heavy atom. The first-order valence-corrected chi connectivity index (χ1v) is 9.43. The fourth-order valence-electron chi connectivity index (χ4n) is 3.29. The van der Waals surface area contributed by atoms with Crippen LogP contribution in [0.25, 0.3) is 0 Å². The zero-order chi connectivity index (χ0) is 19.2. The van der Waals surface area contributed by atoms with Crippen LogP contribution >= 0.6 is 0 Å². The molecule has 3 rings (SSSR count). The minimum absolute atomic E-state index is 0.144. The van der Waals surface area contributed by atoms with Crippen LogP contribution in [0.4, 0.5) is 0 Å². The number of ether oxygens (including phenoxy) is 2. The summed E-state index contributed by atoms with van der Waals surface area (Å²) < 4.78 is 11.0. The molecule has 1 amide bonds. The Hall–Kier alpha value is -2.53. The summed E-state index contributed by atoms with van der Waals surface area (Å²) in [6.07, 6.45) is 0. The molecule has 2 aromatic rings. The van der Waals surface area contributed by atoms with Crippen molar-refractivity contribution in [3.05, 3.63) is 59.2 Å². The quantitative estimate of drug-likeness (QED) is 0.786. The van der Waals surface area contributed by atoms with Gasteiger partial charge >= 0.3 is 0 Å². The number of hydrogen-bond acceptors (Lipinski definition) is 4. The number of nitrogens with zero attached hydrogens (tertiary/aromatic N) is 2. The molecule has 0 saturated carbocycles. The largest absolute Gasteiger partial charge is 0.497 e. The van der Waals surface area contributed by atoms with Gasteiger partial charge in [-0.15, -0.1) is 0 Å². The van der Waals surface area contributed by atoms with Gasteiger partial charge in [-0.2, -0.15) is 0 Å². The molecule has 1 aliphatic rings. The number of aryl methyl sites for hydroxylation is 1. The van der Waals surface area contributed by atoms with Crippen molar-refractivity contribution < 1.29 is 14.3 Å². The van der Waals surface area contributed by atoms with Gasteiger partial charge in [-0.1, -0.05) is 12.1 Å². The van der Waals surface area contributed by atoms with Crippen molar-refractivity contribution in [2.24, 2.45) is 0 Å². The maximum absolute atomic E-state index is 12.8. The van der Waals surface area contributed by atoms with Gasteiger partial charge in [-0.25, -0.2) is 0 Å². The average molecular weight is 368 g/mol. The Morgan fingerprint density at radius 2 is 1.63 bits per heavy atom. The maximum Gasteiger partial charge on any atom is 0.254 e. The molecule has 5 nitrogen and oxygen atoms in total. The minimum atomic E-state index is 0.144. The second-order valence-electron chi connectivity index (χ2n) is 6.91. The maximum atomic E-state index is 12.8. The molecule has 0 aliphatic carbocycles. The Kier molecular flexibility index (Phi) is 6.35. The molecule has 0 atom stereocenters. The molecule has 1 saturated heterocycles. The van der Waals surface area contributed by atoms with Gasteiger partial charge in [0.05, 0.1) is 7.11 Å². The van der Waals surface area contributed by atoms with Crippen LogP contribution in [0.5, 0.6) is 11.5 Å². The molecule has 144 valence electrons. The third-order valence-electron chi connectivity index (χ3n) is 5.23. The second-order valence-corrected chi connectivity index (χ2v) is 6.91. The molecule has 0 radical (unpaired) electrons. The van der Waals surface area contributed by atoms with E-state index in [2.05, 4.69) is 4.90 Å². The molecular weight excluding hydrogens is 340 g/mol. The van der Waals surface area contributed by atoms with E-state index in [0.29, 0.717) is 6.61 Å². The normalized spacial score (nSPS) is 14.9. The number of rotatable bonds is 6. The average Bonchev–Trinajstić information content (AvgIpc) is 2.70. The predicted octanol–water partition coefficient (Wildman–Crippen LogP) is 3.15. The van der Waals surface area contributed by atoms with E-state index in [0.717, 1.165) is 60.9 Å². The monoisotopic (exact) mass is 368 g/mol. The number of methoxy groups -OCH3 is 1. The summed E-state index contributed by atoms with van der Waals surface area (Å²) in [5, 5.41) is 0. The second kappa shape index (κ2) is 8.91. The molecule has 5 heteroatoms. The number of amides is 1. The highest BCUT2D eigenvalue weighted by atomic mass is 16.5. The Morgan fingerprint density at radius 3 is 2.30 bits per heavy atom. The Bertz CT molecular complexity index is 766. The molecule has 2 aromatic carbocycles. The molecule has 1 fully saturated rings. The lowest BCUT2D eigenvalue weighted by atomic mass is 10.0. The van der Waals surface area contributed by atoms with Crippen LogP contribution in [0, 0.1) is 13.8 Å². The molecule has 1 heterocycles. The smallest absolute Gasteiger partial charge is 0.254 e. The Labute approximate surface area is 161 Å². The third-order valence-corrected chi connectivity index (χ3v) is 5.23. The van der Waals surface area contributed by atoms with E-state index in [-0.39, 0.29) is 5.91 Å². The highest BCUT2D eigenvalue weighted by Crippen LogP contribution is 2.18. The molecule has 0 bridgehead atoms. The van der Waals surface area contributed by atoms with Crippen LogP contribution in [0.1, 0.15) is 21.5 Å². The first kappa shape index (κ1) is 19.2. The lowest BCUT2D eigenvalue weighted by Gasteiger charge is -2.35. The molecule has 0 unspecified atom stereocenters. The van der Waals surface area contributed by atoms with Crippen molar-refractivity contribution in [1.82, 2.24) is 9.80 Å². The number of carbonyl (C=O) groups is 1. The van der Waals surface area contributed by atoms with Crippen LogP contribution in [0.15, 0.2) is 42.5 Å². The predicted molar refractivity (Wildman–Crippen MR) is 107 cm³/mol. The molecule has 1 aliphatic heterocycles. The van der Waals surface area contributed by atoms with E-state index in [9.17, 15) is 4.79 Å². The molecular formula is C22H28N2O3. The highest BCUT2D eigenvalue weighted by Gasteiger charge is 2.23. The van der Waals surface area contributed by atoms with Crippen LogP contribution < -0.4 is 9.47 Å². The van der Waals surface area contributed by atoms with E-state index in [1.165, 1.54) is 0 Å². The first-order chi connectivity index (χ1) is 13.1. The van der Waals surface area contributed by atoms with Gasteiger partial charge in [0.15, 0.2) is 0 Å². The summed E-state index contributed by atoms with van der Waals surface area (Å²) in [6.45, 7) is 8.84. The molecule has 27 heavy (non-hydrogen) atoms. The van der Waals surface area contributed by atoms with E-state index >= 15 is 0 Å². The summed E-state index contributed by atoms with van der Waals surface area (Å²) in [6, 6.07) is 13.6. The van der Waals surface area contributed by atoms with E-state index in [1.807, 2.05) is 61.2 Å². The van der Waals surface area contributed by atoms with Crippen molar-refractivity contribution in [3.63, 3.8) is 0 Å². The number of piperazine rings is 1. The van der Waals surface area contributed by atoms with Gasteiger partial charge in [-0.05, 0) is 55.3 Å². The zero-order valence-electron chi connectivity index (χ0n) is 16.4. The van der Waals surface area contributed by atoms with Crippen LogP contribution in [0.2, 0.25) is 0 Å². The minimum Gasteiger partial charge on any atom is -0.497 e. The van der Waals surface area contributed by atoms with Crippen LogP contribution in [-0.2, 0) is 0 Å². The number of benzene rings is 2. The summed E-state index contributed by atoms with van der Waals surface area (Å²) >= 11 is 0. The topological polar surface area (TPSA) is 42.0 Å². The number of hydrogen-bond donors (Lipinski definition) is 0. The van der Waals surface area contributed by atoms with Gasteiger partial charge in [0, 0.05) is 38.3 Å². The standard InChI is InChI=1S/C22H28N2O3/c1-17-5-4-6-21(18(17)2)22(25)24-13-11-23(12-14-24)15-16-27-20-9-7-19(26-3)8-10-20/h4-10H,11-16H2,1-3H3. The molecule has 0 aromatic heterocycles. The third kappa shape index (κ3) is 4.80. The summed E-state index contributed by atoms with van der Waals surface area (Å²) in [5.41, 5.74) is 3.07. The summed E-state index contributed by atoms with van der Waals surface area (Å²) in [4.78, 5) is 17.1. The molecule has 0 spiro atoms. The van der Waals surface area contributed by atoms with E-state index in [4.69, 9.17) is 9.47 Å². The van der Waals surface area contributed by atoms with Gasteiger partial charge in [0.2, 0.25) is 0 Å². The van der Waals surface area contributed by atoms with Gasteiger partial charge in [0.1, 0.15) is 18.1 Å². The summed E-state index contributed by atoms with van der Waals surface area (Å²) in [5.74, 6) is 1.82. The molecule has 0 N–H and O–H groups in total. The van der Waals surface area contributed by atoms with Gasteiger partial charge in [-0.3, -0.25) is 9.69 Å². The Balaban J connectivity index is 1.44. The van der Waals surface area contributed by atoms with Crippen molar-refractivity contribution in [2.75, 3.05) is 46.4 Å². The first-order valence-electron chi connectivity index (χ1n) is 9.43. The van der Waals surface area contributed by atoms with Crippen molar-refractivity contribution in [2.45, 2.75) is 13.8 Å². The van der Waals surface area contributed by atoms with Crippen LogP contribution in [0.3, 0.4) is 0 Å². The highest BCUT2D eigenvalue weighted by molar-refractivity contribution is 5.96. The lowest BCUT2D eigenvalue weighted by Crippen LogP contribution is -2.49. The SMILES string of the molecule is COc1ccc(OCCN2CCN(C(=O)c3cccc(C)c3C)CC2)cc1. The number of carbonyl (C=O) groups excluding carboxylic acids is 1. The van der Waals surface area contributed by atoms with E-state index in [1.54, 1.807) is 7.11 Å². The van der Waals surface area contributed by atoms with Gasteiger partial charge in [0.25, 0.3) is 5.91 Å². The van der Waals surface area contributed by atoms with E-state index < -0.39 is 0 Å². The fourth-order valence-corrected chi connectivity index (χ4v) is 3.29. The van der Waals surface area contributed by atoms with Crippen molar-refractivity contribution >= 4 is 5.91 Å². The lowest BCUT2D eigenvalue weighted by molar-refractivity contribution is 0.0619. The van der Waals surface area contributed by atoms with Crippen molar-refractivity contribution in [1.29, 1.82) is 0 Å². The zero-order valence-corrected chi connectivity index (χ0v) is 16.4.